The van der Waals surface area contributed by atoms with Crippen LogP contribution in [0.5, 0.6) is 0 Å². The Kier molecular flexibility index (Phi) is 3.61. The molecule has 21 heavy (non-hydrogen) atoms. The molecule has 4 nitrogen and oxygen atoms in total. The van der Waals surface area contributed by atoms with E-state index in [0.29, 0.717) is 0 Å². The van der Waals surface area contributed by atoms with Gasteiger partial charge in [-0.05, 0) is 23.6 Å². The minimum atomic E-state index is 0.808. The number of anilines is 1. The zero-order valence-electron chi connectivity index (χ0n) is 13.0. The molecule has 4 heteroatoms. The average molecular weight is 286 g/mol. The van der Waals surface area contributed by atoms with Gasteiger partial charge in [-0.25, -0.2) is 0 Å². The molecule has 2 fully saturated rings. The minimum Gasteiger partial charge on any atom is -0.374 e. The Morgan fingerprint density at radius 3 is 2.62 bits per heavy atom. The first-order valence-electron chi connectivity index (χ1n) is 8.30. The summed E-state index contributed by atoms with van der Waals surface area (Å²) in [5.74, 6) is 0. The molecular weight excluding hydrogens is 260 g/mol. The number of fused-ring (bicyclic) bond motifs is 1. The fourth-order valence-corrected chi connectivity index (χ4v) is 3.79. The van der Waals surface area contributed by atoms with Gasteiger partial charge in [-0.2, -0.15) is 0 Å². The zero-order chi connectivity index (χ0) is 14.2. The summed E-state index contributed by atoms with van der Waals surface area (Å²) in [5.41, 5.74) is 4.46. The average Bonchev–Trinajstić information content (AvgIpc) is 2.80. The fourth-order valence-electron chi connectivity index (χ4n) is 3.79. The second-order valence-electron chi connectivity index (χ2n) is 6.76. The normalized spacial score (nSPS) is 24.1. The van der Waals surface area contributed by atoms with Crippen LogP contribution in [-0.2, 0) is 13.0 Å². The number of hydrogen-bond acceptors (Lipinski definition) is 4. The molecule has 4 rings (SSSR count). The highest BCUT2D eigenvalue weighted by atomic mass is 15.3. The highest BCUT2D eigenvalue weighted by Crippen LogP contribution is 2.27. The maximum atomic E-state index is 3.38. The lowest BCUT2D eigenvalue weighted by atomic mass is 10.1. The van der Waals surface area contributed by atoms with Crippen LogP contribution in [0.15, 0.2) is 18.2 Å². The van der Waals surface area contributed by atoms with Crippen molar-refractivity contribution in [2.45, 2.75) is 19.0 Å². The molecule has 0 bridgehead atoms. The van der Waals surface area contributed by atoms with E-state index in [0.717, 1.165) is 12.6 Å². The maximum absolute atomic E-state index is 3.38. The number of piperazine rings is 1. The second-order valence-corrected chi connectivity index (χ2v) is 6.76. The van der Waals surface area contributed by atoms with Crippen molar-refractivity contribution in [1.29, 1.82) is 0 Å². The smallest absolute Gasteiger partial charge is 0.0397 e. The van der Waals surface area contributed by atoms with Gasteiger partial charge in [0.2, 0.25) is 0 Å². The van der Waals surface area contributed by atoms with Gasteiger partial charge in [-0.1, -0.05) is 12.1 Å². The molecule has 3 heterocycles. The summed E-state index contributed by atoms with van der Waals surface area (Å²) in [5, 5.41) is 3.38. The van der Waals surface area contributed by atoms with Gasteiger partial charge in [-0.3, -0.25) is 9.80 Å². The SMILES string of the molecule is CN1CCc2cc(CN3CCN(C4CNC4)CC3)ccc21. The van der Waals surface area contributed by atoms with Crippen LogP contribution in [0.25, 0.3) is 0 Å². The molecule has 0 saturated carbocycles. The quantitative estimate of drug-likeness (QED) is 0.886. The topological polar surface area (TPSA) is 21.8 Å². The van der Waals surface area contributed by atoms with E-state index in [1.165, 1.54) is 69.0 Å². The van der Waals surface area contributed by atoms with Crippen LogP contribution in [0.1, 0.15) is 11.1 Å². The Bertz CT molecular complexity index is 504. The van der Waals surface area contributed by atoms with Gasteiger partial charge in [0.25, 0.3) is 0 Å². The molecule has 2 saturated heterocycles. The summed E-state index contributed by atoms with van der Waals surface area (Å²) in [6.07, 6.45) is 1.21. The standard InChI is InChI=1S/C17H26N4/c1-19-5-4-15-10-14(2-3-17(15)19)13-20-6-8-21(9-7-20)16-11-18-12-16/h2-3,10,16,18H,4-9,11-13H2,1H3. The predicted octanol–water partition coefficient (Wildman–Crippen LogP) is 0.768. The first kappa shape index (κ1) is 13.6. The van der Waals surface area contributed by atoms with E-state index in [1.54, 1.807) is 0 Å². The van der Waals surface area contributed by atoms with E-state index in [4.69, 9.17) is 0 Å². The van der Waals surface area contributed by atoms with Crippen LogP contribution in [0.2, 0.25) is 0 Å². The van der Waals surface area contributed by atoms with Gasteiger partial charge in [-0.15, -0.1) is 0 Å². The third-order valence-electron chi connectivity index (χ3n) is 5.36. The molecule has 3 aliphatic heterocycles. The van der Waals surface area contributed by atoms with Crippen molar-refractivity contribution in [3.63, 3.8) is 0 Å². The molecule has 114 valence electrons. The first-order valence-corrected chi connectivity index (χ1v) is 8.30. The Labute approximate surface area is 127 Å². The van der Waals surface area contributed by atoms with Crippen LogP contribution >= 0.6 is 0 Å². The monoisotopic (exact) mass is 286 g/mol. The van der Waals surface area contributed by atoms with Crippen molar-refractivity contribution in [1.82, 2.24) is 15.1 Å². The largest absolute Gasteiger partial charge is 0.374 e. The van der Waals surface area contributed by atoms with Gasteiger partial charge in [0.15, 0.2) is 0 Å². The van der Waals surface area contributed by atoms with Crippen molar-refractivity contribution in [3.8, 4) is 0 Å². The predicted molar refractivity (Wildman–Crippen MR) is 86.9 cm³/mol. The van der Waals surface area contributed by atoms with Crippen molar-refractivity contribution in [2.75, 3.05) is 57.8 Å². The molecule has 3 aliphatic rings. The summed E-state index contributed by atoms with van der Waals surface area (Å²) in [7, 11) is 2.19. The Hall–Kier alpha value is -1.10. The van der Waals surface area contributed by atoms with Gasteiger partial charge < -0.3 is 10.2 Å². The molecule has 1 aromatic carbocycles. The number of benzene rings is 1. The van der Waals surface area contributed by atoms with Crippen LogP contribution in [0, 0.1) is 0 Å². The summed E-state index contributed by atoms with van der Waals surface area (Å²) in [6.45, 7) is 9.58. The molecule has 0 radical (unpaired) electrons. The van der Waals surface area contributed by atoms with E-state index in [2.05, 4.69) is 45.3 Å². The molecule has 0 aromatic heterocycles. The number of rotatable bonds is 3. The lowest BCUT2D eigenvalue weighted by molar-refractivity contribution is 0.0695. The van der Waals surface area contributed by atoms with Crippen LogP contribution in [0.3, 0.4) is 0 Å². The third-order valence-corrected chi connectivity index (χ3v) is 5.36. The molecule has 0 aliphatic carbocycles. The van der Waals surface area contributed by atoms with Gasteiger partial charge in [0, 0.05) is 71.1 Å². The molecule has 1 N–H and O–H groups in total. The van der Waals surface area contributed by atoms with E-state index >= 15 is 0 Å². The number of hydrogen-bond donors (Lipinski definition) is 1. The fraction of sp³-hybridized carbons (Fsp3) is 0.647. The van der Waals surface area contributed by atoms with Crippen molar-refractivity contribution < 1.29 is 0 Å². The molecule has 0 atom stereocenters. The summed E-state index contributed by atoms with van der Waals surface area (Å²) < 4.78 is 0. The van der Waals surface area contributed by atoms with E-state index in [-0.39, 0.29) is 0 Å². The zero-order valence-corrected chi connectivity index (χ0v) is 13.0. The Balaban J connectivity index is 1.34. The summed E-state index contributed by atoms with van der Waals surface area (Å²) in [4.78, 5) is 7.64. The van der Waals surface area contributed by atoms with E-state index in [9.17, 15) is 0 Å². The Morgan fingerprint density at radius 2 is 1.90 bits per heavy atom. The minimum absolute atomic E-state index is 0.808. The van der Waals surface area contributed by atoms with Gasteiger partial charge >= 0.3 is 0 Å². The second kappa shape index (κ2) is 5.59. The molecule has 0 amide bonds. The maximum Gasteiger partial charge on any atom is 0.0397 e. The lowest BCUT2D eigenvalue weighted by Crippen LogP contribution is -2.61. The van der Waals surface area contributed by atoms with Crippen LogP contribution in [0.4, 0.5) is 5.69 Å². The molecule has 0 unspecified atom stereocenters. The lowest BCUT2D eigenvalue weighted by Gasteiger charge is -2.43. The van der Waals surface area contributed by atoms with Crippen molar-refractivity contribution in [2.24, 2.45) is 0 Å². The first-order chi connectivity index (χ1) is 10.3. The van der Waals surface area contributed by atoms with Crippen molar-refractivity contribution in [3.05, 3.63) is 29.3 Å². The third kappa shape index (κ3) is 2.68. The van der Waals surface area contributed by atoms with E-state index in [1.807, 2.05) is 0 Å². The van der Waals surface area contributed by atoms with Crippen LogP contribution < -0.4 is 10.2 Å². The van der Waals surface area contributed by atoms with Crippen molar-refractivity contribution >= 4 is 5.69 Å². The Morgan fingerprint density at radius 1 is 1.10 bits per heavy atom. The highest BCUT2D eigenvalue weighted by Gasteiger charge is 2.27. The van der Waals surface area contributed by atoms with Crippen LogP contribution in [-0.4, -0.2) is 68.7 Å². The molecule has 0 spiro atoms. The molecular formula is C17H26N4. The number of nitrogens with one attached hydrogen (secondary N) is 1. The number of nitrogens with zero attached hydrogens (tertiary/aromatic N) is 3. The number of likely N-dealkylation sites (N-methyl/N-ethyl adjacent to an activating group) is 1. The summed E-state index contributed by atoms with van der Waals surface area (Å²) in [6, 6.07) is 7.88. The summed E-state index contributed by atoms with van der Waals surface area (Å²) >= 11 is 0. The van der Waals surface area contributed by atoms with Gasteiger partial charge in [0.1, 0.15) is 0 Å². The van der Waals surface area contributed by atoms with Gasteiger partial charge in [0.05, 0.1) is 0 Å². The highest BCUT2D eigenvalue weighted by molar-refractivity contribution is 5.58. The molecule has 1 aromatic rings. The van der Waals surface area contributed by atoms with E-state index < -0.39 is 0 Å².